The Morgan fingerprint density at radius 3 is 2.18 bits per heavy atom. The first-order valence-corrected chi connectivity index (χ1v) is 20.9. The predicted molar refractivity (Wildman–Crippen MR) is 217 cm³/mol. The number of allylic oxidation sites excluding steroid dienone is 1. The molecule has 0 aromatic heterocycles. The summed E-state index contributed by atoms with van der Waals surface area (Å²) < 4.78 is 10.8. The monoisotopic (exact) mass is 782 g/mol. The first-order valence-electron chi connectivity index (χ1n) is 20.9. The number of methoxy groups -OCH3 is 1. The van der Waals surface area contributed by atoms with E-state index >= 15 is 0 Å². The molecule has 1 aromatic rings. The van der Waals surface area contributed by atoms with E-state index in [1.54, 1.807) is 4.90 Å². The van der Waals surface area contributed by atoms with Crippen LogP contribution in [-0.4, -0.2) is 87.6 Å². The van der Waals surface area contributed by atoms with Crippen LogP contribution in [0.5, 0.6) is 0 Å². The molecule has 2 N–H and O–H groups in total. The zero-order chi connectivity index (χ0) is 41.8. The summed E-state index contributed by atoms with van der Waals surface area (Å²) in [6.07, 6.45) is 8.92. The standard InChI is InChI=1S/C45H71N3O8/c1-30(2)25-32(5)22-23-34(26-33-17-12-11-13-18-33)42(52)47-24-16-20-38(47)39(49)27-36(31(3)4)41(51)46-37(43(53)55-10)19-14-15-21-40(50)56-35-28-44(6,7)48(54)45(8,9)29-35/h11-13,17-18,22-23,30-32,34-38,54H,14-16,19-21,24-29H2,1-10H3,(H,46,51)/b23-22+/t32-,34-,36+,37+,38+/m1/s1. The molecule has 2 fully saturated rings. The minimum Gasteiger partial charge on any atom is -0.467 e. The molecular weight excluding hydrogens is 711 g/mol. The van der Waals surface area contributed by atoms with Crippen molar-refractivity contribution in [1.82, 2.24) is 15.3 Å². The number of likely N-dealkylation sites (tertiary alicyclic amines) is 1. The van der Waals surface area contributed by atoms with Gasteiger partial charge in [0.25, 0.3) is 0 Å². The summed E-state index contributed by atoms with van der Waals surface area (Å²) in [4.78, 5) is 69.2. The molecule has 0 spiro atoms. The number of carbonyl (C=O) groups is 5. The van der Waals surface area contributed by atoms with Crippen LogP contribution in [0.15, 0.2) is 42.5 Å². The third-order valence-electron chi connectivity index (χ3n) is 11.4. The van der Waals surface area contributed by atoms with E-state index in [2.05, 4.69) is 32.2 Å². The maximum atomic E-state index is 14.2. The Kier molecular flexibility index (Phi) is 17.8. The van der Waals surface area contributed by atoms with Gasteiger partial charge in [0, 0.05) is 49.2 Å². The van der Waals surface area contributed by atoms with Gasteiger partial charge >= 0.3 is 11.9 Å². The second-order valence-corrected chi connectivity index (χ2v) is 18.3. The summed E-state index contributed by atoms with van der Waals surface area (Å²) in [6, 6.07) is 8.37. The summed E-state index contributed by atoms with van der Waals surface area (Å²) in [6.45, 7) is 18.4. The van der Waals surface area contributed by atoms with E-state index in [1.807, 2.05) is 78.0 Å². The van der Waals surface area contributed by atoms with Crippen LogP contribution in [0.3, 0.4) is 0 Å². The lowest BCUT2D eigenvalue weighted by molar-refractivity contribution is -0.259. The summed E-state index contributed by atoms with van der Waals surface area (Å²) in [7, 11) is 1.26. The number of amides is 2. The largest absolute Gasteiger partial charge is 0.467 e. The number of ketones is 1. The van der Waals surface area contributed by atoms with Crippen LogP contribution in [0.1, 0.15) is 132 Å². The van der Waals surface area contributed by atoms with Crippen LogP contribution in [0.4, 0.5) is 0 Å². The van der Waals surface area contributed by atoms with Gasteiger partial charge in [-0.3, -0.25) is 19.2 Å². The van der Waals surface area contributed by atoms with Crippen molar-refractivity contribution < 1.29 is 38.7 Å². The number of hydroxylamine groups is 2. The van der Waals surface area contributed by atoms with Crippen molar-refractivity contribution in [3.05, 3.63) is 48.0 Å². The molecule has 2 aliphatic heterocycles. The zero-order valence-corrected chi connectivity index (χ0v) is 35.8. The molecule has 3 rings (SSSR count). The molecule has 5 atom stereocenters. The second-order valence-electron chi connectivity index (χ2n) is 18.3. The summed E-state index contributed by atoms with van der Waals surface area (Å²) in [5, 5.41) is 14.7. The molecule has 11 nitrogen and oxygen atoms in total. The van der Waals surface area contributed by atoms with Crippen molar-refractivity contribution in [2.45, 2.75) is 162 Å². The number of ether oxygens (including phenoxy) is 2. The van der Waals surface area contributed by atoms with Crippen molar-refractivity contribution >= 4 is 29.5 Å². The van der Waals surface area contributed by atoms with Gasteiger partial charge < -0.3 is 24.9 Å². The molecule has 0 radical (unpaired) electrons. The van der Waals surface area contributed by atoms with E-state index in [0.717, 1.165) is 12.0 Å². The smallest absolute Gasteiger partial charge is 0.328 e. The highest BCUT2D eigenvalue weighted by Crippen LogP contribution is 2.38. The normalized spacial score (nSPS) is 20.8. The third kappa shape index (κ3) is 13.8. The lowest BCUT2D eigenvalue weighted by atomic mass is 9.80. The SMILES string of the molecule is COC(=O)[C@H](CCCCC(=O)OC1CC(C)(C)N(O)C(C)(C)C1)NC(=O)[C@@H](CC(=O)[C@@H]1CCCN1C(=O)[C@H](/C=C/[C@@H](C)CC(C)C)Cc1ccccc1)C(C)C. The predicted octanol–water partition coefficient (Wildman–Crippen LogP) is 7.48. The molecular formula is C45H71N3O8. The number of hydrogen-bond acceptors (Lipinski definition) is 9. The van der Waals surface area contributed by atoms with Gasteiger partial charge in [-0.15, -0.1) is 0 Å². The quantitative estimate of drug-likeness (QED) is 0.0783. The van der Waals surface area contributed by atoms with Crippen LogP contribution in [0.25, 0.3) is 0 Å². The molecule has 1 aromatic carbocycles. The molecule has 2 heterocycles. The summed E-state index contributed by atoms with van der Waals surface area (Å²) >= 11 is 0. The minimum atomic E-state index is -0.941. The molecule has 0 unspecified atom stereocenters. The lowest BCUT2D eigenvalue weighted by Crippen LogP contribution is -2.60. The second kappa shape index (κ2) is 21.3. The number of nitrogens with one attached hydrogen (secondary N) is 1. The summed E-state index contributed by atoms with van der Waals surface area (Å²) in [5.74, 6) is -2.04. The van der Waals surface area contributed by atoms with E-state index < -0.39 is 46.9 Å². The number of piperidine rings is 1. The van der Waals surface area contributed by atoms with Gasteiger partial charge in [-0.25, -0.2) is 4.79 Å². The molecule has 0 aliphatic carbocycles. The molecule has 56 heavy (non-hydrogen) atoms. The van der Waals surface area contributed by atoms with E-state index in [-0.39, 0.29) is 48.9 Å². The Labute approximate surface area is 336 Å². The fraction of sp³-hybridized carbons (Fsp3) is 0.711. The highest BCUT2D eigenvalue weighted by Gasteiger charge is 2.46. The number of unbranched alkanes of at least 4 members (excludes halogenated alkanes) is 1. The zero-order valence-electron chi connectivity index (χ0n) is 35.8. The molecule has 0 bridgehead atoms. The highest BCUT2D eigenvalue weighted by molar-refractivity contribution is 5.94. The molecule has 314 valence electrons. The number of benzene rings is 1. The van der Waals surface area contributed by atoms with Crippen LogP contribution < -0.4 is 5.32 Å². The van der Waals surface area contributed by atoms with Crippen molar-refractivity contribution in [1.29, 1.82) is 0 Å². The number of carbonyl (C=O) groups excluding carboxylic acids is 5. The minimum absolute atomic E-state index is 0.0505. The van der Waals surface area contributed by atoms with E-state index in [1.165, 1.54) is 12.2 Å². The van der Waals surface area contributed by atoms with Gasteiger partial charge in [-0.2, -0.15) is 5.06 Å². The van der Waals surface area contributed by atoms with Crippen molar-refractivity contribution in [3.63, 3.8) is 0 Å². The van der Waals surface area contributed by atoms with Crippen molar-refractivity contribution in [3.8, 4) is 0 Å². The van der Waals surface area contributed by atoms with Crippen LogP contribution in [-0.2, 0) is 39.9 Å². The van der Waals surface area contributed by atoms with Crippen molar-refractivity contribution in [2.24, 2.45) is 29.6 Å². The molecule has 11 heteroatoms. The Hall–Kier alpha value is -3.57. The van der Waals surface area contributed by atoms with Crippen LogP contribution in [0, 0.1) is 29.6 Å². The topological polar surface area (TPSA) is 143 Å². The number of hydrogen-bond donors (Lipinski definition) is 2. The first-order chi connectivity index (χ1) is 26.2. The van der Waals surface area contributed by atoms with E-state index in [4.69, 9.17) is 9.47 Å². The highest BCUT2D eigenvalue weighted by atomic mass is 16.5. The average molecular weight is 782 g/mol. The summed E-state index contributed by atoms with van der Waals surface area (Å²) in [5.41, 5.74) is -0.0297. The Balaban J connectivity index is 1.62. The van der Waals surface area contributed by atoms with Gasteiger partial charge in [-0.05, 0) is 89.5 Å². The van der Waals surface area contributed by atoms with Gasteiger partial charge in [0.2, 0.25) is 11.8 Å². The van der Waals surface area contributed by atoms with Gasteiger partial charge in [-0.1, -0.05) is 83.5 Å². The Bertz CT molecular complexity index is 1470. The van der Waals surface area contributed by atoms with Gasteiger partial charge in [0.15, 0.2) is 5.78 Å². The molecule has 2 aliphatic rings. The average Bonchev–Trinajstić information content (AvgIpc) is 3.62. The Morgan fingerprint density at radius 2 is 1.59 bits per heavy atom. The fourth-order valence-electron chi connectivity index (χ4n) is 8.61. The first kappa shape index (κ1) is 46.8. The number of rotatable bonds is 20. The number of nitrogens with zero attached hydrogens (tertiary/aromatic N) is 2. The third-order valence-corrected chi connectivity index (χ3v) is 11.4. The van der Waals surface area contributed by atoms with Crippen molar-refractivity contribution in [2.75, 3.05) is 13.7 Å². The van der Waals surface area contributed by atoms with E-state index in [9.17, 15) is 29.2 Å². The van der Waals surface area contributed by atoms with Crippen LogP contribution in [0.2, 0.25) is 0 Å². The number of Topliss-reactive ketones (excluding diaryl/α,β-unsaturated/α-hetero) is 1. The molecule has 0 saturated carbocycles. The Morgan fingerprint density at radius 1 is 0.946 bits per heavy atom. The van der Waals surface area contributed by atoms with E-state index in [0.29, 0.717) is 63.3 Å². The molecule has 2 saturated heterocycles. The van der Waals surface area contributed by atoms with Gasteiger partial charge in [0.1, 0.15) is 12.1 Å². The maximum absolute atomic E-state index is 14.2. The van der Waals surface area contributed by atoms with Gasteiger partial charge in [0.05, 0.1) is 19.1 Å². The lowest BCUT2D eigenvalue weighted by Gasteiger charge is -2.50. The maximum Gasteiger partial charge on any atom is 0.328 e. The van der Waals surface area contributed by atoms with Crippen LogP contribution >= 0.6 is 0 Å². The number of esters is 2. The fourth-order valence-corrected chi connectivity index (χ4v) is 8.61. The molecule has 2 amide bonds.